The van der Waals surface area contributed by atoms with Gasteiger partial charge in [0, 0.05) is 25.8 Å². The highest BCUT2D eigenvalue weighted by molar-refractivity contribution is 5.92. The number of halogens is 1. The number of aryl methyl sites for hydroxylation is 2. The van der Waals surface area contributed by atoms with Crippen LogP contribution in [-0.2, 0) is 13.0 Å². The van der Waals surface area contributed by atoms with E-state index in [9.17, 15) is 9.18 Å². The Morgan fingerprint density at radius 2 is 2.22 bits per heavy atom. The summed E-state index contributed by atoms with van der Waals surface area (Å²) in [5.74, 6) is 0.279. The smallest absolute Gasteiger partial charge is 0.272 e. The zero-order valence-electron chi connectivity index (χ0n) is 13.6. The van der Waals surface area contributed by atoms with Crippen LogP contribution in [-0.4, -0.2) is 33.7 Å². The molecule has 0 N–H and O–H groups in total. The van der Waals surface area contributed by atoms with E-state index in [1.54, 1.807) is 29.9 Å². The Bertz CT molecular complexity index is 710. The predicted octanol–water partition coefficient (Wildman–Crippen LogP) is 3.06. The van der Waals surface area contributed by atoms with E-state index in [0.717, 1.165) is 31.5 Å². The van der Waals surface area contributed by atoms with Gasteiger partial charge in [0.15, 0.2) is 0 Å². The first kappa shape index (κ1) is 15.7. The van der Waals surface area contributed by atoms with E-state index in [4.69, 9.17) is 0 Å². The van der Waals surface area contributed by atoms with Crippen molar-refractivity contribution in [1.82, 2.24) is 14.7 Å². The van der Waals surface area contributed by atoms with Gasteiger partial charge in [-0.25, -0.2) is 4.39 Å². The summed E-state index contributed by atoms with van der Waals surface area (Å²) >= 11 is 0. The maximum atomic E-state index is 13.7. The van der Waals surface area contributed by atoms with Crippen molar-refractivity contribution in [3.8, 4) is 0 Å². The van der Waals surface area contributed by atoms with Crippen LogP contribution in [0.5, 0.6) is 0 Å². The number of rotatable bonds is 4. The van der Waals surface area contributed by atoms with Crippen molar-refractivity contribution < 1.29 is 9.18 Å². The van der Waals surface area contributed by atoms with Gasteiger partial charge in [-0.3, -0.25) is 9.48 Å². The van der Waals surface area contributed by atoms with E-state index in [0.29, 0.717) is 23.7 Å². The molecule has 1 fully saturated rings. The van der Waals surface area contributed by atoms with E-state index in [1.165, 1.54) is 0 Å². The first-order chi connectivity index (χ1) is 11.1. The standard InChI is InChI=1S/C18H22FN3O/c1-3-22-17(6-8-20-22)18(23)21-9-7-15(12-21)10-14-5-4-13(2)16(19)11-14/h4-6,8,11,15H,3,7,9-10,12H2,1-2H3. The summed E-state index contributed by atoms with van der Waals surface area (Å²) in [5.41, 5.74) is 2.32. The normalized spacial score (nSPS) is 17.7. The van der Waals surface area contributed by atoms with Gasteiger partial charge in [0.2, 0.25) is 0 Å². The van der Waals surface area contributed by atoms with Crippen LogP contribution < -0.4 is 0 Å². The quantitative estimate of drug-likeness (QED) is 0.870. The molecule has 4 nitrogen and oxygen atoms in total. The van der Waals surface area contributed by atoms with Gasteiger partial charge in [0.1, 0.15) is 11.5 Å². The molecule has 0 spiro atoms. The Kier molecular flexibility index (Phi) is 4.46. The first-order valence-electron chi connectivity index (χ1n) is 8.14. The Morgan fingerprint density at radius 3 is 2.96 bits per heavy atom. The highest BCUT2D eigenvalue weighted by atomic mass is 19.1. The lowest BCUT2D eigenvalue weighted by Gasteiger charge is -2.17. The molecule has 2 aromatic rings. The highest BCUT2D eigenvalue weighted by Crippen LogP contribution is 2.23. The minimum Gasteiger partial charge on any atom is -0.337 e. The third-order valence-corrected chi connectivity index (χ3v) is 4.57. The van der Waals surface area contributed by atoms with Crippen molar-refractivity contribution in [2.45, 2.75) is 33.2 Å². The number of amides is 1. The van der Waals surface area contributed by atoms with Gasteiger partial charge in [0.25, 0.3) is 5.91 Å². The second-order valence-electron chi connectivity index (χ2n) is 6.23. The fraction of sp³-hybridized carbons (Fsp3) is 0.444. The van der Waals surface area contributed by atoms with Crippen LogP contribution in [0.4, 0.5) is 4.39 Å². The molecule has 122 valence electrons. The first-order valence-corrected chi connectivity index (χ1v) is 8.14. The molecule has 1 amide bonds. The number of carbonyl (C=O) groups is 1. The van der Waals surface area contributed by atoms with E-state index in [2.05, 4.69) is 5.10 Å². The van der Waals surface area contributed by atoms with Gasteiger partial charge >= 0.3 is 0 Å². The van der Waals surface area contributed by atoms with E-state index in [-0.39, 0.29) is 11.7 Å². The fourth-order valence-corrected chi connectivity index (χ4v) is 3.21. The zero-order chi connectivity index (χ0) is 16.4. The second kappa shape index (κ2) is 6.52. The van der Waals surface area contributed by atoms with Gasteiger partial charge in [-0.05, 0) is 55.9 Å². The molecule has 1 saturated heterocycles. The van der Waals surface area contributed by atoms with Gasteiger partial charge in [-0.15, -0.1) is 0 Å². The maximum Gasteiger partial charge on any atom is 0.272 e. The van der Waals surface area contributed by atoms with Crippen molar-refractivity contribution in [3.63, 3.8) is 0 Å². The summed E-state index contributed by atoms with van der Waals surface area (Å²) < 4.78 is 15.4. The van der Waals surface area contributed by atoms with Crippen molar-refractivity contribution in [2.75, 3.05) is 13.1 Å². The van der Waals surface area contributed by atoms with Crippen LogP contribution in [0.15, 0.2) is 30.5 Å². The molecule has 0 radical (unpaired) electrons. The second-order valence-corrected chi connectivity index (χ2v) is 6.23. The SMILES string of the molecule is CCn1nccc1C(=O)N1CCC(Cc2ccc(C)c(F)c2)C1. The van der Waals surface area contributed by atoms with Crippen LogP contribution in [0.1, 0.15) is 35.0 Å². The van der Waals surface area contributed by atoms with Crippen LogP contribution >= 0.6 is 0 Å². The summed E-state index contributed by atoms with van der Waals surface area (Å²) in [6.45, 7) is 5.92. The number of carbonyl (C=O) groups excluding carboxylic acids is 1. The summed E-state index contributed by atoms with van der Waals surface area (Å²) in [4.78, 5) is 14.5. The highest BCUT2D eigenvalue weighted by Gasteiger charge is 2.28. The van der Waals surface area contributed by atoms with Crippen LogP contribution in [0.2, 0.25) is 0 Å². The van der Waals surface area contributed by atoms with Crippen LogP contribution in [0.3, 0.4) is 0 Å². The summed E-state index contributed by atoms with van der Waals surface area (Å²) in [6.07, 6.45) is 3.44. The number of benzene rings is 1. The van der Waals surface area contributed by atoms with E-state index >= 15 is 0 Å². The molecular weight excluding hydrogens is 293 g/mol. The molecular formula is C18H22FN3O. The molecule has 1 aromatic carbocycles. The van der Waals surface area contributed by atoms with Gasteiger partial charge in [-0.2, -0.15) is 5.10 Å². The molecule has 3 rings (SSSR count). The van der Waals surface area contributed by atoms with Gasteiger partial charge in [-0.1, -0.05) is 12.1 Å². The molecule has 0 bridgehead atoms. The molecule has 0 aliphatic carbocycles. The lowest BCUT2D eigenvalue weighted by molar-refractivity contribution is 0.0775. The van der Waals surface area contributed by atoms with Crippen molar-refractivity contribution in [1.29, 1.82) is 0 Å². The summed E-state index contributed by atoms with van der Waals surface area (Å²) in [7, 11) is 0. The number of hydrogen-bond donors (Lipinski definition) is 0. The largest absolute Gasteiger partial charge is 0.337 e. The third-order valence-electron chi connectivity index (χ3n) is 4.57. The Morgan fingerprint density at radius 1 is 1.39 bits per heavy atom. The number of hydrogen-bond acceptors (Lipinski definition) is 2. The predicted molar refractivity (Wildman–Crippen MR) is 86.8 cm³/mol. The number of nitrogens with zero attached hydrogens (tertiary/aromatic N) is 3. The molecule has 2 heterocycles. The minimum absolute atomic E-state index is 0.0435. The van der Waals surface area contributed by atoms with Crippen LogP contribution in [0.25, 0.3) is 0 Å². The van der Waals surface area contributed by atoms with Gasteiger partial charge < -0.3 is 4.90 Å². The Balaban J connectivity index is 1.64. The average Bonchev–Trinajstić information content (AvgIpc) is 3.19. The molecule has 23 heavy (non-hydrogen) atoms. The lowest BCUT2D eigenvalue weighted by atomic mass is 9.98. The molecule has 0 saturated carbocycles. The summed E-state index contributed by atoms with van der Waals surface area (Å²) in [5, 5.41) is 4.16. The van der Waals surface area contributed by atoms with Crippen LogP contribution in [0, 0.1) is 18.7 Å². The molecule has 1 unspecified atom stereocenters. The zero-order valence-corrected chi connectivity index (χ0v) is 13.6. The van der Waals surface area contributed by atoms with E-state index in [1.807, 2.05) is 24.0 Å². The Hall–Kier alpha value is -2.17. The molecule has 1 atom stereocenters. The van der Waals surface area contributed by atoms with Crippen molar-refractivity contribution in [2.24, 2.45) is 5.92 Å². The molecule has 1 aromatic heterocycles. The average molecular weight is 315 g/mol. The molecule has 5 heteroatoms. The van der Waals surface area contributed by atoms with Gasteiger partial charge in [0.05, 0.1) is 0 Å². The molecule has 1 aliphatic rings. The topological polar surface area (TPSA) is 38.1 Å². The monoisotopic (exact) mass is 315 g/mol. The van der Waals surface area contributed by atoms with E-state index < -0.39 is 0 Å². The maximum absolute atomic E-state index is 13.7. The summed E-state index contributed by atoms with van der Waals surface area (Å²) in [6, 6.07) is 7.19. The lowest BCUT2D eigenvalue weighted by Crippen LogP contribution is -2.30. The third kappa shape index (κ3) is 3.28. The fourth-order valence-electron chi connectivity index (χ4n) is 3.21. The van der Waals surface area contributed by atoms with Crippen molar-refractivity contribution >= 4 is 5.91 Å². The number of likely N-dealkylation sites (tertiary alicyclic amines) is 1. The minimum atomic E-state index is -0.153. The van der Waals surface area contributed by atoms with Crippen molar-refractivity contribution in [3.05, 3.63) is 53.1 Å². The number of aromatic nitrogens is 2. The molecule has 1 aliphatic heterocycles. The Labute approximate surface area is 135 Å².